The summed E-state index contributed by atoms with van der Waals surface area (Å²) >= 11 is 0. The van der Waals surface area contributed by atoms with E-state index in [-0.39, 0.29) is 0 Å². The van der Waals surface area contributed by atoms with Gasteiger partial charge in [-0.1, -0.05) is 13.8 Å². The van der Waals surface area contributed by atoms with Crippen molar-refractivity contribution in [1.29, 1.82) is 0 Å². The molecule has 0 bridgehead atoms. The summed E-state index contributed by atoms with van der Waals surface area (Å²) < 4.78 is 0. The molecule has 1 rings (SSSR count). The second-order valence-corrected chi connectivity index (χ2v) is 4.51. The minimum atomic E-state index is -0.874. The fourth-order valence-electron chi connectivity index (χ4n) is 1.42. The van der Waals surface area contributed by atoms with E-state index in [1.54, 1.807) is 6.07 Å². The van der Waals surface area contributed by atoms with Gasteiger partial charge < -0.3 is 10.4 Å². The third-order valence-corrected chi connectivity index (χ3v) is 2.85. The molecule has 0 aromatic heterocycles. The first-order chi connectivity index (χ1) is 7.41. The predicted molar refractivity (Wildman–Crippen MR) is 66.1 cm³/mol. The average molecular weight is 221 g/mol. The molecule has 2 N–H and O–H groups in total. The minimum Gasteiger partial charge on any atom is -0.478 e. The number of aromatic carboxylic acids is 1. The van der Waals surface area contributed by atoms with Crippen LogP contribution >= 0.6 is 0 Å². The number of benzene rings is 1. The highest BCUT2D eigenvalue weighted by atomic mass is 16.4. The Morgan fingerprint density at radius 3 is 2.38 bits per heavy atom. The SMILES string of the molecule is Cc1cc(NC(C)C(C)C)ccc1C(=O)O. The number of anilines is 1. The highest BCUT2D eigenvalue weighted by Gasteiger charge is 2.10. The van der Waals surface area contributed by atoms with E-state index in [9.17, 15) is 4.79 Å². The molecule has 0 aliphatic carbocycles. The molecule has 0 amide bonds. The molecule has 3 heteroatoms. The third-order valence-electron chi connectivity index (χ3n) is 2.85. The van der Waals surface area contributed by atoms with Gasteiger partial charge in [-0.2, -0.15) is 0 Å². The van der Waals surface area contributed by atoms with Gasteiger partial charge in [-0.15, -0.1) is 0 Å². The monoisotopic (exact) mass is 221 g/mol. The molecule has 1 atom stereocenters. The largest absolute Gasteiger partial charge is 0.478 e. The topological polar surface area (TPSA) is 49.3 Å². The number of carbonyl (C=O) groups is 1. The average Bonchev–Trinajstić information content (AvgIpc) is 2.16. The van der Waals surface area contributed by atoms with Crippen LogP contribution in [0.15, 0.2) is 18.2 Å². The normalized spacial score (nSPS) is 12.6. The van der Waals surface area contributed by atoms with E-state index in [1.165, 1.54) is 0 Å². The first kappa shape index (κ1) is 12.6. The van der Waals surface area contributed by atoms with Gasteiger partial charge in [0.1, 0.15) is 0 Å². The molecule has 3 nitrogen and oxygen atoms in total. The number of aryl methyl sites for hydroxylation is 1. The number of nitrogens with one attached hydrogen (secondary N) is 1. The smallest absolute Gasteiger partial charge is 0.335 e. The Morgan fingerprint density at radius 2 is 1.94 bits per heavy atom. The van der Waals surface area contributed by atoms with Crippen LogP contribution in [0.5, 0.6) is 0 Å². The Hall–Kier alpha value is -1.51. The van der Waals surface area contributed by atoms with Gasteiger partial charge in [0.15, 0.2) is 0 Å². The van der Waals surface area contributed by atoms with Crippen molar-refractivity contribution in [1.82, 2.24) is 0 Å². The van der Waals surface area contributed by atoms with Gasteiger partial charge in [-0.3, -0.25) is 0 Å². The summed E-state index contributed by atoms with van der Waals surface area (Å²) in [7, 11) is 0. The fraction of sp³-hybridized carbons (Fsp3) is 0.462. The molecule has 88 valence electrons. The van der Waals surface area contributed by atoms with E-state index < -0.39 is 5.97 Å². The number of hydrogen-bond donors (Lipinski definition) is 2. The Labute approximate surface area is 96.5 Å². The maximum absolute atomic E-state index is 10.8. The molecule has 1 aromatic carbocycles. The van der Waals surface area contributed by atoms with Crippen molar-refractivity contribution in [3.05, 3.63) is 29.3 Å². The van der Waals surface area contributed by atoms with Gasteiger partial charge in [-0.25, -0.2) is 4.79 Å². The lowest BCUT2D eigenvalue weighted by atomic mass is 10.0. The summed E-state index contributed by atoms with van der Waals surface area (Å²) in [6, 6.07) is 5.71. The van der Waals surface area contributed by atoms with Gasteiger partial charge in [0.25, 0.3) is 0 Å². The zero-order valence-electron chi connectivity index (χ0n) is 10.2. The van der Waals surface area contributed by atoms with Crippen molar-refractivity contribution in [2.75, 3.05) is 5.32 Å². The van der Waals surface area contributed by atoms with Crippen LogP contribution in [-0.4, -0.2) is 17.1 Å². The van der Waals surface area contributed by atoms with Crippen LogP contribution in [0.4, 0.5) is 5.69 Å². The number of hydrogen-bond acceptors (Lipinski definition) is 2. The van der Waals surface area contributed by atoms with Crippen molar-refractivity contribution in [2.24, 2.45) is 5.92 Å². The number of rotatable bonds is 4. The van der Waals surface area contributed by atoms with E-state index >= 15 is 0 Å². The second-order valence-electron chi connectivity index (χ2n) is 4.51. The molecule has 0 saturated carbocycles. The molecule has 0 fully saturated rings. The van der Waals surface area contributed by atoms with E-state index in [4.69, 9.17) is 5.11 Å². The van der Waals surface area contributed by atoms with Crippen molar-refractivity contribution >= 4 is 11.7 Å². The van der Waals surface area contributed by atoms with Crippen molar-refractivity contribution in [3.63, 3.8) is 0 Å². The van der Waals surface area contributed by atoms with Crippen LogP contribution in [0.1, 0.15) is 36.7 Å². The number of carboxylic acid groups (broad SMARTS) is 1. The highest BCUT2D eigenvalue weighted by Crippen LogP contribution is 2.17. The zero-order valence-corrected chi connectivity index (χ0v) is 10.2. The quantitative estimate of drug-likeness (QED) is 0.821. The molecule has 0 aliphatic heterocycles. The maximum atomic E-state index is 10.8. The molecule has 1 aromatic rings. The summed E-state index contributed by atoms with van der Waals surface area (Å²) in [5.74, 6) is -0.333. The van der Waals surface area contributed by atoms with E-state index in [1.807, 2.05) is 19.1 Å². The standard InChI is InChI=1S/C13H19NO2/c1-8(2)10(4)14-11-5-6-12(13(15)16)9(3)7-11/h5-8,10,14H,1-4H3,(H,15,16). The molecular formula is C13H19NO2. The van der Waals surface area contributed by atoms with E-state index in [2.05, 4.69) is 26.1 Å². The molecule has 1 unspecified atom stereocenters. The van der Waals surface area contributed by atoms with Gasteiger partial charge in [-0.05, 0) is 43.5 Å². The lowest BCUT2D eigenvalue weighted by Crippen LogP contribution is -2.21. The van der Waals surface area contributed by atoms with Crippen molar-refractivity contribution in [2.45, 2.75) is 33.7 Å². The summed E-state index contributed by atoms with van der Waals surface area (Å²) in [6.07, 6.45) is 0. The van der Waals surface area contributed by atoms with E-state index in [0.29, 0.717) is 17.5 Å². The van der Waals surface area contributed by atoms with Crippen LogP contribution in [0.2, 0.25) is 0 Å². The van der Waals surface area contributed by atoms with Crippen LogP contribution in [0.25, 0.3) is 0 Å². The predicted octanol–water partition coefficient (Wildman–Crippen LogP) is 3.15. The molecule has 0 saturated heterocycles. The maximum Gasteiger partial charge on any atom is 0.335 e. The van der Waals surface area contributed by atoms with Gasteiger partial charge in [0.2, 0.25) is 0 Å². The summed E-state index contributed by atoms with van der Waals surface area (Å²) in [5.41, 5.74) is 2.12. The highest BCUT2D eigenvalue weighted by molar-refractivity contribution is 5.89. The minimum absolute atomic E-state index is 0.364. The summed E-state index contributed by atoms with van der Waals surface area (Å²) in [5, 5.41) is 12.3. The van der Waals surface area contributed by atoms with Gasteiger partial charge >= 0.3 is 5.97 Å². The summed E-state index contributed by atoms with van der Waals surface area (Å²) in [6.45, 7) is 8.23. The molecule has 0 heterocycles. The van der Waals surface area contributed by atoms with Crippen LogP contribution < -0.4 is 5.32 Å². The molecule has 16 heavy (non-hydrogen) atoms. The Balaban J connectivity index is 2.85. The van der Waals surface area contributed by atoms with E-state index in [0.717, 1.165) is 11.3 Å². The lowest BCUT2D eigenvalue weighted by molar-refractivity contribution is 0.0696. The van der Waals surface area contributed by atoms with Crippen LogP contribution in [0, 0.1) is 12.8 Å². The first-order valence-electron chi connectivity index (χ1n) is 5.52. The Bertz CT molecular complexity index is 386. The van der Waals surface area contributed by atoms with Crippen LogP contribution in [0.3, 0.4) is 0 Å². The molecule has 0 radical (unpaired) electrons. The Kier molecular flexibility index (Phi) is 3.93. The summed E-state index contributed by atoms with van der Waals surface area (Å²) in [4.78, 5) is 10.8. The molecule has 0 aliphatic rings. The zero-order chi connectivity index (χ0) is 12.3. The third kappa shape index (κ3) is 2.99. The van der Waals surface area contributed by atoms with Crippen LogP contribution in [-0.2, 0) is 0 Å². The van der Waals surface area contributed by atoms with Gasteiger partial charge in [0, 0.05) is 11.7 Å². The fourth-order valence-corrected chi connectivity index (χ4v) is 1.42. The second kappa shape index (κ2) is 5.01. The molecule has 0 spiro atoms. The lowest BCUT2D eigenvalue weighted by Gasteiger charge is -2.19. The number of carboxylic acids is 1. The first-order valence-corrected chi connectivity index (χ1v) is 5.52. The van der Waals surface area contributed by atoms with Gasteiger partial charge in [0.05, 0.1) is 5.56 Å². The Morgan fingerprint density at radius 1 is 1.31 bits per heavy atom. The van der Waals surface area contributed by atoms with Crippen molar-refractivity contribution in [3.8, 4) is 0 Å². The van der Waals surface area contributed by atoms with Crippen molar-refractivity contribution < 1.29 is 9.90 Å². The molecular weight excluding hydrogens is 202 g/mol.